The molecule has 4 aromatic rings. The lowest BCUT2D eigenvalue weighted by Gasteiger charge is -2.29. The molecule has 0 spiro atoms. The van der Waals surface area contributed by atoms with E-state index >= 15 is 0 Å². The molecular weight excluding hydrogens is 552 g/mol. The lowest BCUT2D eigenvalue weighted by Crippen LogP contribution is -2.36. The van der Waals surface area contributed by atoms with Crippen molar-refractivity contribution in [2.45, 2.75) is 32.6 Å². The van der Waals surface area contributed by atoms with Gasteiger partial charge in [-0.2, -0.15) is 5.10 Å². The summed E-state index contributed by atoms with van der Waals surface area (Å²) in [6.45, 7) is 9.25. The van der Waals surface area contributed by atoms with E-state index in [-0.39, 0.29) is 11.6 Å². The summed E-state index contributed by atoms with van der Waals surface area (Å²) in [4.78, 5) is 22.5. The minimum Gasteiger partial charge on any atom is -0.378 e. The number of carbonyl (C=O) groups excluding carboxylic acids is 1. The highest BCUT2D eigenvalue weighted by Gasteiger charge is 2.25. The number of nitrogens with zero attached hydrogens (tertiary/aromatic N) is 5. The second-order valence-corrected chi connectivity index (χ2v) is 13.0. The molecule has 0 unspecified atom stereocenters. The third-order valence-electron chi connectivity index (χ3n) is 7.82. The van der Waals surface area contributed by atoms with Gasteiger partial charge in [-0.05, 0) is 66.3 Å². The molecule has 1 amide bonds. The van der Waals surface area contributed by atoms with Crippen LogP contribution in [0.1, 0.15) is 48.8 Å². The molecular formula is C31H36N6O4S. The summed E-state index contributed by atoms with van der Waals surface area (Å²) < 4.78 is 33.3. The van der Waals surface area contributed by atoms with Crippen LogP contribution in [0.15, 0.2) is 54.6 Å². The topological polar surface area (TPSA) is 110 Å². The summed E-state index contributed by atoms with van der Waals surface area (Å²) >= 11 is 0. The van der Waals surface area contributed by atoms with E-state index < -0.39 is 15.9 Å². The SMILES string of the molecule is CC(C)c1nn(-c2cccc(N3CCCC3)c2)c2nc(C(=O)NS(C)(=O)=O)cc(-c3ccc(N4CCOCC4)cc3)c12. The van der Waals surface area contributed by atoms with Crippen LogP contribution in [0.2, 0.25) is 0 Å². The van der Waals surface area contributed by atoms with Gasteiger partial charge in [-0.3, -0.25) is 4.79 Å². The minimum absolute atomic E-state index is 0.00679. The molecule has 10 nitrogen and oxygen atoms in total. The van der Waals surface area contributed by atoms with E-state index in [2.05, 4.69) is 52.6 Å². The molecule has 0 radical (unpaired) electrons. The van der Waals surface area contributed by atoms with Gasteiger partial charge in [-0.25, -0.2) is 22.8 Å². The van der Waals surface area contributed by atoms with E-state index in [1.54, 1.807) is 10.7 Å². The largest absolute Gasteiger partial charge is 0.378 e. The zero-order valence-corrected chi connectivity index (χ0v) is 25.0. The minimum atomic E-state index is -3.79. The standard InChI is InChI=1S/C31H36N6O4S/c1-21(2)29-28-26(22-9-11-23(12-10-22)36-15-17-41-18-16-36)20-27(31(38)34-42(3,39)40)32-30(28)37(33-29)25-8-6-7-24(19-25)35-13-4-5-14-35/h6-12,19-21H,4-5,13-18H2,1-3H3,(H,34,38). The Bertz CT molecular complexity index is 1720. The van der Waals surface area contributed by atoms with Gasteiger partial charge in [0, 0.05) is 37.6 Å². The highest BCUT2D eigenvalue weighted by molar-refractivity contribution is 7.89. The van der Waals surface area contributed by atoms with Crippen LogP contribution in [-0.4, -0.2) is 74.7 Å². The van der Waals surface area contributed by atoms with Crippen LogP contribution in [0, 0.1) is 0 Å². The fraction of sp³-hybridized carbons (Fsp3) is 0.387. The number of amides is 1. The van der Waals surface area contributed by atoms with Gasteiger partial charge in [0.25, 0.3) is 5.91 Å². The van der Waals surface area contributed by atoms with Gasteiger partial charge in [0.05, 0.1) is 36.2 Å². The van der Waals surface area contributed by atoms with Crippen LogP contribution < -0.4 is 14.5 Å². The van der Waals surface area contributed by atoms with Crippen LogP contribution in [0.3, 0.4) is 0 Å². The first kappa shape index (κ1) is 28.2. The van der Waals surface area contributed by atoms with Gasteiger partial charge in [-0.1, -0.05) is 32.0 Å². The molecule has 220 valence electrons. The Kier molecular flexibility index (Phi) is 7.63. The molecule has 4 heterocycles. The third kappa shape index (κ3) is 5.71. The lowest BCUT2D eigenvalue weighted by molar-refractivity contribution is 0.0977. The molecule has 0 saturated carbocycles. The van der Waals surface area contributed by atoms with Gasteiger partial charge in [0.1, 0.15) is 5.69 Å². The average Bonchev–Trinajstić information content (AvgIpc) is 3.66. The summed E-state index contributed by atoms with van der Waals surface area (Å²) in [7, 11) is -3.79. The normalized spacial score (nSPS) is 16.0. The van der Waals surface area contributed by atoms with Crippen molar-refractivity contribution in [1.29, 1.82) is 0 Å². The molecule has 6 rings (SSSR count). The molecule has 42 heavy (non-hydrogen) atoms. The summed E-state index contributed by atoms with van der Waals surface area (Å²) in [5, 5.41) is 5.88. The van der Waals surface area contributed by atoms with Crippen molar-refractivity contribution >= 4 is 38.3 Å². The van der Waals surface area contributed by atoms with Crippen LogP contribution in [0.5, 0.6) is 0 Å². The Labute approximate surface area is 246 Å². The number of aromatic nitrogens is 3. The van der Waals surface area contributed by atoms with E-state index in [9.17, 15) is 13.2 Å². The van der Waals surface area contributed by atoms with Crippen molar-refractivity contribution in [2.75, 3.05) is 55.4 Å². The number of ether oxygens (including phenoxy) is 1. The first-order valence-corrected chi connectivity index (χ1v) is 16.3. The van der Waals surface area contributed by atoms with Crippen LogP contribution in [0.25, 0.3) is 27.8 Å². The number of carbonyl (C=O) groups is 1. The number of pyridine rings is 1. The smallest absolute Gasteiger partial charge is 0.283 e. The number of anilines is 2. The molecule has 2 aromatic carbocycles. The first-order valence-electron chi connectivity index (χ1n) is 14.4. The lowest BCUT2D eigenvalue weighted by atomic mass is 9.97. The molecule has 2 fully saturated rings. The highest BCUT2D eigenvalue weighted by atomic mass is 32.2. The van der Waals surface area contributed by atoms with Gasteiger partial charge >= 0.3 is 0 Å². The summed E-state index contributed by atoms with van der Waals surface area (Å²) in [6, 6.07) is 18.1. The van der Waals surface area contributed by atoms with Gasteiger partial charge in [-0.15, -0.1) is 0 Å². The highest BCUT2D eigenvalue weighted by Crippen LogP contribution is 2.37. The zero-order valence-electron chi connectivity index (χ0n) is 24.2. The first-order chi connectivity index (χ1) is 20.2. The molecule has 2 saturated heterocycles. The number of nitrogens with one attached hydrogen (secondary N) is 1. The monoisotopic (exact) mass is 588 g/mol. The van der Waals surface area contributed by atoms with E-state index in [0.717, 1.165) is 71.7 Å². The fourth-order valence-electron chi connectivity index (χ4n) is 5.76. The Morgan fingerprint density at radius 1 is 0.905 bits per heavy atom. The summed E-state index contributed by atoms with van der Waals surface area (Å²) in [5.41, 5.74) is 6.07. The van der Waals surface area contributed by atoms with Crippen molar-refractivity contribution < 1.29 is 17.9 Å². The molecule has 2 aromatic heterocycles. The Morgan fingerprint density at radius 3 is 2.24 bits per heavy atom. The molecule has 0 aliphatic carbocycles. The predicted molar refractivity (Wildman–Crippen MR) is 165 cm³/mol. The predicted octanol–water partition coefficient (Wildman–Crippen LogP) is 4.34. The number of sulfonamides is 1. The fourth-order valence-corrected chi connectivity index (χ4v) is 6.20. The zero-order chi connectivity index (χ0) is 29.4. The van der Waals surface area contributed by atoms with E-state index in [0.29, 0.717) is 18.9 Å². The van der Waals surface area contributed by atoms with Crippen molar-refractivity contribution in [2.24, 2.45) is 0 Å². The molecule has 0 atom stereocenters. The van der Waals surface area contributed by atoms with Crippen LogP contribution in [-0.2, 0) is 14.8 Å². The Balaban J connectivity index is 1.53. The summed E-state index contributed by atoms with van der Waals surface area (Å²) in [6.07, 6.45) is 3.29. The van der Waals surface area contributed by atoms with Crippen molar-refractivity contribution in [3.63, 3.8) is 0 Å². The number of benzene rings is 2. The molecule has 2 aliphatic rings. The number of hydrogen-bond donors (Lipinski definition) is 1. The Morgan fingerprint density at radius 2 is 1.57 bits per heavy atom. The van der Waals surface area contributed by atoms with Crippen molar-refractivity contribution in [3.05, 3.63) is 66.0 Å². The van der Waals surface area contributed by atoms with E-state index in [1.807, 2.05) is 24.3 Å². The van der Waals surface area contributed by atoms with Crippen LogP contribution >= 0.6 is 0 Å². The number of fused-ring (bicyclic) bond motifs is 1. The van der Waals surface area contributed by atoms with Crippen LogP contribution in [0.4, 0.5) is 11.4 Å². The van der Waals surface area contributed by atoms with Gasteiger partial charge in [0.15, 0.2) is 5.65 Å². The van der Waals surface area contributed by atoms with Crippen molar-refractivity contribution in [1.82, 2.24) is 19.5 Å². The molecule has 1 N–H and O–H groups in total. The molecule has 11 heteroatoms. The number of morpholine rings is 1. The third-order valence-corrected chi connectivity index (χ3v) is 8.38. The quantitative estimate of drug-likeness (QED) is 0.340. The maximum atomic E-state index is 13.2. The van der Waals surface area contributed by atoms with Gasteiger partial charge < -0.3 is 14.5 Å². The van der Waals surface area contributed by atoms with Gasteiger partial charge in [0.2, 0.25) is 10.0 Å². The maximum Gasteiger partial charge on any atom is 0.283 e. The van der Waals surface area contributed by atoms with E-state index in [4.69, 9.17) is 14.8 Å². The second kappa shape index (κ2) is 11.4. The van der Waals surface area contributed by atoms with Crippen molar-refractivity contribution in [3.8, 4) is 16.8 Å². The molecule has 2 aliphatic heterocycles. The second-order valence-electron chi connectivity index (χ2n) is 11.3. The Hall–Kier alpha value is -3.96. The van der Waals surface area contributed by atoms with E-state index in [1.165, 1.54) is 12.8 Å². The average molecular weight is 589 g/mol. The molecule has 0 bridgehead atoms. The maximum absolute atomic E-state index is 13.2. The number of hydrogen-bond acceptors (Lipinski definition) is 8. The number of rotatable bonds is 7. The summed E-state index contributed by atoms with van der Waals surface area (Å²) in [5.74, 6) is -0.713.